The van der Waals surface area contributed by atoms with E-state index in [0.29, 0.717) is 5.92 Å². The minimum absolute atomic E-state index is 0.251. The van der Waals surface area contributed by atoms with Crippen LogP contribution in [0, 0.1) is 12.8 Å². The predicted molar refractivity (Wildman–Crippen MR) is 55.5 cm³/mol. The lowest BCUT2D eigenvalue weighted by molar-refractivity contribution is 0.490. The van der Waals surface area contributed by atoms with Gasteiger partial charge in [-0.05, 0) is 36.5 Å². The third kappa shape index (κ3) is 2.81. The van der Waals surface area contributed by atoms with Crippen LogP contribution in [0.3, 0.4) is 0 Å². The number of nitrogens with two attached hydrogens (primary N) is 1. The number of nitrogens with zero attached hydrogens (tertiary/aromatic N) is 1. The Bertz CT molecular complexity index is 269. The maximum absolute atomic E-state index is 6.00. The van der Waals surface area contributed by atoms with Crippen molar-refractivity contribution in [2.24, 2.45) is 11.7 Å². The zero-order valence-electron chi connectivity index (χ0n) is 8.62. The van der Waals surface area contributed by atoms with E-state index in [4.69, 9.17) is 5.73 Å². The second-order valence-corrected chi connectivity index (χ2v) is 3.91. The van der Waals surface area contributed by atoms with E-state index < -0.39 is 0 Å². The van der Waals surface area contributed by atoms with Crippen molar-refractivity contribution in [1.29, 1.82) is 0 Å². The molecular formula is C11H18N2. The van der Waals surface area contributed by atoms with Crippen molar-refractivity contribution in [3.63, 3.8) is 0 Å². The summed E-state index contributed by atoms with van der Waals surface area (Å²) in [5, 5.41) is 0. The molecular weight excluding hydrogens is 160 g/mol. The first-order chi connectivity index (χ1) is 6.11. The lowest BCUT2D eigenvalue weighted by atomic mass is 9.96. The van der Waals surface area contributed by atoms with E-state index in [0.717, 1.165) is 6.42 Å². The number of pyridine rings is 1. The van der Waals surface area contributed by atoms with Crippen LogP contribution in [-0.2, 0) is 6.42 Å². The lowest BCUT2D eigenvalue weighted by Crippen LogP contribution is -2.29. The standard InChI is InChI=1S/C11H18N2/c1-8(2)11(12)6-10-4-5-13-7-9(10)3/h4-5,7-8,11H,6,12H2,1-3H3. The van der Waals surface area contributed by atoms with Crippen LogP contribution in [0.15, 0.2) is 18.5 Å². The molecule has 0 aromatic carbocycles. The number of rotatable bonds is 3. The van der Waals surface area contributed by atoms with Gasteiger partial charge in [-0.25, -0.2) is 0 Å². The van der Waals surface area contributed by atoms with Crippen molar-refractivity contribution in [3.8, 4) is 0 Å². The lowest BCUT2D eigenvalue weighted by Gasteiger charge is -2.16. The molecule has 0 saturated carbocycles. The summed E-state index contributed by atoms with van der Waals surface area (Å²) in [5.74, 6) is 0.535. The van der Waals surface area contributed by atoms with Crippen LogP contribution >= 0.6 is 0 Å². The molecule has 0 saturated heterocycles. The molecule has 1 aromatic heterocycles. The number of aromatic nitrogens is 1. The highest BCUT2D eigenvalue weighted by Gasteiger charge is 2.09. The van der Waals surface area contributed by atoms with Crippen LogP contribution in [-0.4, -0.2) is 11.0 Å². The van der Waals surface area contributed by atoms with E-state index in [2.05, 4.69) is 31.8 Å². The zero-order valence-corrected chi connectivity index (χ0v) is 8.62. The van der Waals surface area contributed by atoms with Gasteiger partial charge in [-0.15, -0.1) is 0 Å². The second-order valence-electron chi connectivity index (χ2n) is 3.91. The SMILES string of the molecule is Cc1cnccc1CC(N)C(C)C. The van der Waals surface area contributed by atoms with Gasteiger partial charge < -0.3 is 5.73 Å². The summed E-state index contributed by atoms with van der Waals surface area (Å²) >= 11 is 0. The van der Waals surface area contributed by atoms with Gasteiger partial charge in [0.2, 0.25) is 0 Å². The summed E-state index contributed by atoms with van der Waals surface area (Å²) in [6.07, 6.45) is 4.67. The second kappa shape index (κ2) is 4.38. The molecule has 0 aliphatic carbocycles. The summed E-state index contributed by atoms with van der Waals surface area (Å²) in [6, 6.07) is 2.30. The maximum Gasteiger partial charge on any atom is 0.0299 e. The molecule has 0 fully saturated rings. The number of aryl methyl sites for hydroxylation is 1. The van der Waals surface area contributed by atoms with Crippen molar-refractivity contribution in [2.75, 3.05) is 0 Å². The normalized spacial score (nSPS) is 13.3. The molecule has 0 aliphatic rings. The minimum Gasteiger partial charge on any atom is -0.327 e. The Morgan fingerprint density at radius 1 is 1.46 bits per heavy atom. The van der Waals surface area contributed by atoms with Gasteiger partial charge in [0.1, 0.15) is 0 Å². The highest BCUT2D eigenvalue weighted by molar-refractivity contribution is 5.22. The Morgan fingerprint density at radius 3 is 2.69 bits per heavy atom. The largest absolute Gasteiger partial charge is 0.327 e. The molecule has 72 valence electrons. The van der Waals surface area contributed by atoms with Gasteiger partial charge in [-0.2, -0.15) is 0 Å². The van der Waals surface area contributed by atoms with E-state index in [1.807, 2.05) is 12.4 Å². The molecule has 1 heterocycles. The van der Waals surface area contributed by atoms with E-state index in [9.17, 15) is 0 Å². The van der Waals surface area contributed by atoms with Crippen molar-refractivity contribution < 1.29 is 0 Å². The molecule has 1 atom stereocenters. The first kappa shape index (κ1) is 10.2. The highest BCUT2D eigenvalue weighted by atomic mass is 14.6. The quantitative estimate of drug-likeness (QED) is 0.768. The van der Waals surface area contributed by atoms with E-state index >= 15 is 0 Å². The molecule has 2 N–H and O–H groups in total. The Morgan fingerprint density at radius 2 is 2.15 bits per heavy atom. The van der Waals surface area contributed by atoms with Crippen LogP contribution in [0.25, 0.3) is 0 Å². The van der Waals surface area contributed by atoms with Crippen LogP contribution in [0.2, 0.25) is 0 Å². The third-order valence-corrected chi connectivity index (χ3v) is 2.45. The molecule has 13 heavy (non-hydrogen) atoms. The fraction of sp³-hybridized carbons (Fsp3) is 0.545. The molecule has 0 aliphatic heterocycles. The molecule has 2 heteroatoms. The van der Waals surface area contributed by atoms with Gasteiger partial charge in [-0.1, -0.05) is 13.8 Å². The van der Waals surface area contributed by atoms with Crippen LogP contribution in [0.5, 0.6) is 0 Å². The Kier molecular flexibility index (Phi) is 3.43. The number of hydrogen-bond donors (Lipinski definition) is 1. The molecule has 1 rings (SSSR count). The van der Waals surface area contributed by atoms with E-state index in [1.165, 1.54) is 11.1 Å². The maximum atomic E-state index is 6.00. The Balaban J connectivity index is 2.69. The van der Waals surface area contributed by atoms with Crippen molar-refractivity contribution in [1.82, 2.24) is 4.98 Å². The monoisotopic (exact) mass is 178 g/mol. The van der Waals surface area contributed by atoms with Crippen LogP contribution < -0.4 is 5.73 Å². The van der Waals surface area contributed by atoms with Gasteiger partial charge in [0.05, 0.1) is 0 Å². The smallest absolute Gasteiger partial charge is 0.0299 e. The zero-order chi connectivity index (χ0) is 9.84. The van der Waals surface area contributed by atoms with Crippen LogP contribution in [0.1, 0.15) is 25.0 Å². The summed E-state index contributed by atoms with van der Waals surface area (Å²) in [4.78, 5) is 4.06. The average Bonchev–Trinajstić information content (AvgIpc) is 2.08. The molecule has 1 unspecified atom stereocenters. The molecule has 0 spiro atoms. The van der Waals surface area contributed by atoms with Crippen molar-refractivity contribution in [2.45, 2.75) is 33.2 Å². The van der Waals surface area contributed by atoms with E-state index in [-0.39, 0.29) is 6.04 Å². The third-order valence-electron chi connectivity index (χ3n) is 2.45. The summed E-state index contributed by atoms with van der Waals surface area (Å²) in [6.45, 7) is 6.39. The van der Waals surface area contributed by atoms with Gasteiger partial charge in [0, 0.05) is 18.4 Å². The van der Waals surface area contributed by atoms with Gasteiger partial charge >= 0.3 is 0 Å². The predicted octanol–water partition coefficient (Wildman–Crippen LogP) is 1.92. The van der Waals surface area contributed by atoms with Crippen molar-refractivity contribution >= 4 is 0 Å². The molecule has 2 nitrogen and oxygen atoms in total. The fourth-order valence-corrected chi connectivity index (χ4v) is 1.22. The molecule has 0 radical (unpaired) electrons. The van der Waals surface area contributed by atoms with Crippen LogP contribution in [0.4, 0.5) is 0 Å². The first-order valence-corrected chi connectivity index (χ1v) is 4.76. The van der Waals surface area contributed by atoms with Crippen molar-refractivity contribution in [3.05, 3.63) is 29.6 Å². The van der Waals surface area contributed by atoms with Gasteiger partial charge in [0.25, 0.3) is 0 Å². The Hall–Kier alpha value is -0.890. The molecule has 0 amide bonds. The van der Waals surface area contributed by atoms with Gasteiger partial charge in [0.15, 0.2) is 0 Å². The summed E-state index contributed by atoms with van der Waals surface area (Å²) in [7, 11) is 0. The Labute approximate surface area is 80.2 Å². The first-order valence-electron chi connectivity index (χ1n) is 4.76. The molecule has 1 aromatic rings. The number of hydrogen-bond acceptors (Lipinski definition) is 2. The van der Waals surface area contributed by atoms with Gasteiger partial charge in [-0.3, -0.25) is 4.98 Å². The topological polar surface area (TPSA) is 38.9 Å². The van der Waals surface area contributed by atoms with E-state index in [1.54, 1.807) is 0 Å². The highest BCUT2D eigenvalue weighted by Crippen LogP contribution is 2.11. The molecule has 0 bridgehead atoms. The summed E-state index contributed by atoms with van der Waals surface area (Å²) in [5.41, 5.74) is 8.55. The fourth-order valence-electron chi connectivity index (χ4n) is 1.22. The summed E-state index contributed by atoms with van der Waals surface area (Å²) < 4.78 is 0. The minimum atomic E-state index is 0.251. The average molecular weight is 178 g/mol.